The molecule has 6 heteroatoms. The summed E-state index contributed by atoms with van der Waals surface area (Å²) in [6, 6.07) is 3.61. The molecular formula is C14H15F3N2O. The summed E-state index contributed by atoms with van der Waals surface area (Å²) in [5.74, 6) is -1.07. The molecule has 0 saturated carbocycles. The molecule has 1 amide bonds. The molecule has 1 aromatic rings. The zero-order valence-electron chi connectivity index (χ0n) is 10.8. The summed E-state index contributed by atoms with van der Waals surface area (Å²) in [4.78, 5) is 11.1. The lowest BCUT2D eigenvalue weighted by atomic mass is 9.98. The first-order valence-electron chi connectivity index (χ1n) is 6.29. The molecule has 20 heavy (non-hydrogen) atoms. The summed E-state index contributed by atoms with van der Waals surface area (Å²) in [5.41, 5.74) is 5.05. The van der Waals surface area contributed by atoms with Gasteiger partial charge in [0.1, 0.15) is 0 Å². The minimum absolute atomic E-state index is 0.444. The molecule has 3 nitrogen and oxygen atoms in total. The van der Waals surface area contributed by atoms with Gasteiger partial charge in [0, 0.05) is 0 Å². The molecule has 1 saturated heterocycles. The zero-order valence-corrected chi connectivity index (χ0v) is 10.8. The molecule has 3 N–H and O–H groups in total. The van der Waals surface area contributed by atoms with Crippen molar-refractivity contribution in [2.24, 2.45) is 5.73 Å². The Balaban J connectivity index is 2.39. The Morgan fingerprint density at radius 2 is 1.90 bits per heavy atom. The van der Waals surface area contributed by atoms with Gasteiger partial charge >= 0.3 is 6.18 Å². The molecular weight excluding hydrogens is 269 g/mol. The van der Waals surface area contributed by atoms with Gasteiger partial charge in [-0.1, -0.05) is 17.7 Å². The summed E-state index contributed by atoms with van der Waals surface area (Å²) in [5, 5.41) is 3.18. The van der Waals surface area contributed by atoms with Crippen molar-refractivity contribution in [1.29, 1.82) is 0 Å². The van der Waals surface area contributed by atoms with Gasteiger partial charge in [0.05, 0.1) is 11.1 Å². The van der Waals surface area contributed by atoms with Crippen LogP contribution in [0.5, 0.6) is 0 Å². The molecule has 108 valence electrons. The van der Waals surface area contributed by atoms with Crippen LogP contribution in [0.25, 0.3) is 6.08 Å². The van der Waals surface area contributed by atoms with E-state index < -0.39 is 23.2 Å². The van der Waals surface area contributed by atoms with E-state index in [1.807, 2.05) is 0 Å². The third-order valence-electron chi connectivity index (χ3n) is 3.23. The van der Waals surface area contributed by atoms with Gasteiger partial charge in [-0.15, -0.1) is 0 Å². The maximum absolute atomic E-state index is 12.9. The van der Waals surface area contributed by atoms with Crippen molar-refractivity contribution >= 4 is 12.0 Å². The molecule has 1 aliphatic rings. The summed E-state index contributed by atoms with van der Waals surface area (Å²) < 4.78 is 38.8. The molecule has 0 aliphatic carbocycles. The van der Waals surface area contributed by atoms with E-state index >= 15 is 0 Å². The quantitative estimate of drug-likeness (QED) is 0.877. The second-order valence-electron chi connectivity index (χ2n) is 4.72. The van der Waals surface area contributed by atoms with Crippen LogP contribution in [0.2, 0.25) is 0 Å². The number of rotatable bonds is 2. The molecule has 0 aromatic heterocycles. The summed E-state index contributed by atoms with van der Waals surface area (Å²) in [7, 11) is 0. The van der Waals surface area contributed by atoms with Crippen molar-refractivity contribution in [1.82, 2.24) is 5.32 Å². The molecule has 0 spiro atoms. The third-order valence-corrected chi connectivity index (χ3v) is 3.23. The van der Waals surface area contributed by atoms with Crippen molar-refractivity contribution in [2.45, 2.75) is 19.0 Å². The lowest BCUT2D eigenvalue weighted by Crippen LogP contribution is -2.23. The van der Waals surface area contributed by atoms with Gasteiger partial charge in [-0.05, 0) is 43.6 Å². The van der Waals surface area contributed by atoms with Crippen LogP contribution in [-0.2, 0) is 6.18 Å². The Bertz CT molecular complexity index is 542. The number of carbonyl (C=O) groups is 1. The first-order chi connectivity index (χ1) is 9.38. The zero-order chi connectivity index (χ0) is 14.8. The maximum atomic E-state index is 12.9. The monoisotopic (exact) mass is 284 g/mol. The number of amides is 1. The first kappa shape index (κ1) is 14.6. The van der Waals surface area contributed by atoms with Crippen LogP contribution >= 0.6 is 0 Å². The number of piperidine rings is 1. The van der Waals surface area contributed by atoms with Crippen molar-refractivity contribution < 1.29 is 18.0 Å². The highest BCUT2D eigenvalue weighted by Gasteiger charge is 2.34. The molecule has 0 unspecified atom stereocenters. The fourth-order valence-electron chi connectivity index (χ4n) is 2.23. The lowest BCUT2D eigenvalue weighted by Gasteiger charge is -2.16. The van der Waals surface area contributed by atoms with Gasteiger partial charge in [-0.25, -0.2) is 0 Å². The molecule has 0 bridgehead atoms. The van der Waals surface area contributed by atoms with E-state index in [2.05, 4.69) is 5.32 Å². The van der Waals surface area contributed by atoms with Gasteiger partial charge in [-0.2, -0.15) is 13.2 Å². The van der Waals surface area contributed by atoms with Gasteiger partial charge in [0.25, 0.3) is 0 Å². The number of halogens is 3. The average Bonchev–Trinajstić information content (AvgIpc) is 2.38. The summed E-state index contributed by atoms with van der Waals surface area (Å²) >= 11 is 0. The second kappa shape index (κ2) is 5.66. The van der Waals surface area contributed by atoms with Crippen LogP contribution in [0.3, 0.4) is 0 Å². The average molecular weight is 284 g/mol. The van der Waals surface area contributed by atoms with E-state index in [1.54, 1.807) is 6.08 Å². The fraction of sp³-hybridized carbons (Fsp3) is 0.357. The SMILES string of the molecule is NC(=O)c1ccc(C=C2CCNCC2)cc1C(F)(F)F. The van der Waals surface area contributed by atoms with E-state index in [-0.39, 0.29) is 0 Å². The number of primary amides is 1. The molecule has 1 aliphatic heterocycles. The van der Waals surface area contributed by atoms with Crippen molar-refractivity contribution in [2.75, 3.05) is 13.1 Å². The summed E-state index contributed by atoms with van der Waals surface area (Å²) in [6.07, 6.45) is -1.20. The predicted octanol–water partition coefficient (Wildman–Crippen LogP) is 2.57. The molecule has 2 rings (SSSR count). The van der Waals surface area contributed by atoms with Crippen LogP contribution in [0.1, 0.15) is 34.3 Å². The van der Waals surface area contributed by atoms with Crippen molar-refractivity contribution in [3.63, 3.8) is 0 Å². The minimum Gasteiger partial charge on any atom is -0.366 e. The van der Waals surface area contributed by atoms with E-state index in [1.165, 1.54) is 6.07 Å². The van der Waals surface area contributed by atoms with Gasteiger partial charge in [0.2, 0.25) is 5.91 Å². The maximum Gasteiger partial charge on any atom is 0.417 e. The van der Waals surface area contributed by atoms with Crippen LogP contribution in [0, 0.1) is 0 Å². The van der Waals surface area contributed by atoms with Crippen LogP contribution in [0.4, 0.5) is 13.2 Å². The fourth-order valence-corrected chi connectivity index (χ4v) is 2.23. The smallest absolute Gasteiger partial charge is 0.366 e. The Morgan fingerprint density at radius 3 is 2.45 bits per heavy atom. The third kappa shape index (κ3) is 3.39. The van der Waals surface area contributed by atoms with E-state index in [4.69, 9.17) is 5.73 Å². The topological polar surface area (TPSA) is 55.1 Å². The number of nitrogens with one attached hydrogen (secondary N) is 1. The summed E-state index contributed by atoms with van der Waals surface area (Å²) in [6.45, 7) is 1.66. The standard InChI is InChI=1S/C14H15F3N2O/c15-14(16,17)12-8-10(1-2-11(12)13(18)20)7-9-3-5-19-6-4-9/h1-2,7-8,19H,3-6H2,(H2,18,20). The van der Waals surface area contributed by atoms with Crippen LogP contribution < -0.4 is 11.1 Å². The van der Waals surface area contributed by atoms with Crippen LogP contribution in [-0.4, -0.2) is 19.0 Å². The highest BCUT2D eigenvalue weighted by atomic mass is 19.4. The molecule has 1 fully saturated rings. The van der Waals surface area contributed by atoms with E-state index in [0.717, 1.165) is 43.6 Å². The normalized spacial score (nSPS) is 16.1. The Labute approximate surface area is 114 Å². The van der Waals surface area contributed by atoms with Crippen molar-refractivity contribution in [3.05, 3.63) is 40.5 Å². The Hall–Kier alpha value is -1.82. The number of hydrogen-bond donors (Lipinski definition) is 2. The molecule has 1 heterocycles. The lowest BCUT2D eigenvalue weighted by molar-refractivity contribution is -0.137. The number of carbonyl (C=O) groups excluding carboxylic acids is 1. The minimum atomic E-state index is -4.59. The predicted molar refractivity (Wildman–Crippen MR) is 70.0 cm³/mol. The van der Waals surface area contributed by atoms with Gasteiger partial charge in [-0.3, -0.25) is 4.79 Å². The first-order valence-corrected chi connectivity index (χ1v) is 6.29. The van der Waals surface area contributed by atoms with E-state index in [9.17, 15) is 18.0 Å². The Kier molecular flexibility index (Phi) is 4.13. The Morgan fingerprint density at radius 1 is 1.25 bits per heavy atom. The number of hydrogen-bond acceptors (Lipinski definition) is 2. The largest absolute Gasteiger partial charge is 0.417 e. The number of alkyl halides is 3. The number of nitrogens with two attached hydrogens (primary N) is 1. The highest BCUT2D eigenvalue weighted by Crippen LogP contribution is 2.33. The molecule has 0 atom stereocenters. The van der Waals surface area contributed by atoms with Gasteiger partial charge < -0.3 is 11.1 Å². The van der Waals surface area contributed by atoms with Crippen molar-refractivity contribution in [3.8, 4) is 0 Å². The second-order valence-corrected chi connectivity index (χ2v) is 4.72. The van der Waals surface area contributed by atoms with E-state index in [0.29, 0.717) is 5.56 Å². The van der Waals surface area contributed by atoms with Crippen LogP contribution in [0.15, 0.2) is 23.8 Å². The molecule has 0 radical (unpaired) electrons. The highest BCUT2D eigenvalue weighted by molar-refractivity contribution is 5.94. The van der Waals surface area contributed by atoms with Gasteiger partial charge in [0.15, 0.2) is 0 Å². The molecule has 1 aromatic carbocycles. The number of benzene rings is 1.